The zero-order chi connectivity index (χ0) is 23.2. The van der Waals surface area contributed by atoms with Crippen LogP contribution in [0, 0.1) is 22.7 Å². The number of ketones is 1. The molecule has 7 nitrogen and oxygen atoms in total. The van der Waals surface area contributed by atoms with Gasteiger partial charge >= 0.3 is 5.97 Å². The summed E-state index contributed by atoms with van der Waals surface area (Å²) in [6.45, 7) is 8.84. The Kier molecular flexibility index (Phi) is 4.40. The second-order valence-corrected chi connectivity index (χ2v) is 11.0. The first-order chi connectivity index (χ1) is 15.0. The van der Waals surface area contributed by atoms with Crippen LogP contribution in [0.15, 0.2) is 6.07 Å². The summed E-state index contributed by atoms with van der Waals surface area (Å²) >= 11 is 0. The number of hydrogen-bond donors (Lipinski definition) is 3. The van der Waals surface area contributed by atoms with E-state index in [1.165, 1.54) is 6.07 Å². The number of amides is 1. The average Bonchev–Trinajstić information content (AvgIpc) is 3.10. The maximum absolute atomic E-state index is 13.4. The van der Waals surface area contributed by atoms with E-state index in [1.807, 2.05) is 20.9 Å². The van der Waals surface area contributed by atoms with Crippen molar-refractivity contribution in [3.63, 3.8) is 0 Å². The normalized spacial score (nSPS) is 36.8. The summed E-state index contributed by atoms with van der Waals surface area (Å²) < 4.78 is 7.05. The van der Waals surface area contributed by atoms with Gasteiger partial charge in [0, 0.05) is 46.4 Å². The Morgan fingerprint density at radius 3 is 2.59 bits per heavy atom. The van der Waals surface area contributed by atoms with Gasteiger partial charge in [0.2, 0.25) is 0 Å². The molecule has 0 bridgehead atoms. The second-order valence-electron chi connectivity index (χ2n) is 11.0. The molecule has 4 aliphatic rings. The largest absolute Gasteiger partial charge is 0.486 e. The summed E-state index contributed by atoms with van der Waals surface area (Å²) in [5.41, 5.74) is 0.426. The van der Waals surface area contributed by atoms with Gasteiger partial charge in [-0.3, -0.25) is 9.59 Å². The molecule has 3 N–H and O–H groups in total. The zero-order valence-electron chi connectivity index (χ0n) is 19.4. The molecule has 1 unspecified atom stereocenters. The van der Waals surface area contributed by atoms with Crippen LogP contribution in [-0.2, 0) is 17.8 Å². The molecule has 1 amide bonds. The van der Waals surface area contributed by atoms with Crippen molar-refractivity contribution in [2.75, 3.05) is 7.05 Å². The molecule has 2 heterocycles. The van der Waals surface area contributed by atoms with E-state index in [-0.39, 0.29) is 34.6 Å². The number of carbonyl (C=O) groups is 3. The average molecular weight is 441 g/mol. The molecular weight excluding hydrogens is 408 g/mol. The minimum absolute atomic E-state index is 0.00986. The predicted octanol–water partition coefficient (Wildman–Crippen LogP) is 2.94. The summed E-state index contributed by atoms with van der Waals surface area (Å²) in [6.07, 6.45) is 2.96. The summed E-state index contributed by atoms with van der Waals surface area (Å²) in [7, 11) is 1.82. The minimum atomic E-state index is -1.04. The number of nitrogens with one attached hydrogen (secondary N) is 2. The van der Waals surface area contributed by atoms with E-state index < -0.39 is 17.0 Å². The number of rotatable bonds is 2. The van der Waals surface area contributed by atoms with Crippen LogP contribution in [-0.4, -0.2) is 41.5 Å². The van der Waals surface area contributed by atoms with E-state index in [9.17, 15) is 19.5 Å². The number of fused-ring (bicyclic) bond motifs is 3. The lowest BCUT2D eigenvalue weighted by Gasteiger charge is -2.66. The minimum Gasteiger partial charge on any atom is -0.486 e. The Labute approximate surface area is 188 Å². The number of hydrogen-bond acceptors (Lipinski definition) is 5. The number of ether oxygens (including phenoxy) is 1. The Hall–Kier alpha value is -2.41. The number of carboxylic acid groups (broad SMARTS) is 1. The molecular formula is C25H32N2O5. The highest BCUT2D eigenvalue weighted by molar-refractivity contribution is 6.03. The third-order valence-corrected chi connectivity index (χ3v) is 9.40. The van der Waals surface area contributed by atoms with Gasteiger partial charge in [0.25, 0.3) is 5.91 Å². The van der Waals surface area contributed by atoms with Crippen molar-refractivity contribution < 1.29 is 24.2 Å². The van der Waals surface area contributed by atoms with Crippen molar-refractivity contribution in [3.8, 4) is 5.75 Å². The van der Waals surface area contributed by atoms with Crippen LogP contribution in [0.4, 0.5) is 0 Å². The highest BCUT2D eigenvalue weighted by atomic mass is 16.5. The van der Waals surface area contributed by atoms with Crippen LogP contribution in [0.1, 0.15) is 78.8 Å². The van der Waals surface area contributed by atoms with Gasteiger partial charge in [-0.15, -0.1) is 0 Å². The summed E-state index contributed by atoms with van der Waals surface area (Å²) in [4.78, 5) is 38.0. The molecule has 32 heavy (non-hydrogen) atoms. The lowest BCUT2D eigenvalue weighted by molar-refractivity contribution is -0.212. The topological polar surface area (TPSA) is 105 Å². The van der Waals surface area contributed by atoms with Crippen LogP contribution in [0.5, 0.6) is 5.75 Å². The second kappa shape index (κ2) is 6.56. The quantitative estimate of drug-likeness (QED) is 0.653. The summed E-state index contributed by atoms with van der Waals surface area (Å²) in [5, 5.41) is 16.0. The number of benzene rings is 1. The molecule has 0 aromatic heterocycles. The fourth-order valence-electron chi connectivity index (χ4n) is 7.33. The molecule has 5 atom stereocenters. The lowest BCUT2D eigenvalue weighted by atomic mass is 9.43. The highest BCUT2D eigenvalue weighted by Gasteiger charge is 2.69. The SMILES string of the molecule is CNC1C[C@@]23Oc4c(c(C(=O)O)cc5c4CNC5=O)C[C@]2(C)[C@@H](C)CC[C@H]3C(C)(C)C1=O. The molecule has 0 radical (unpaired) electrons. The van der Waals surface area contributed by atoms with E-state index in [1.54, 1.807) is 0 Å². The number of likely N-dealkylation sites (N-methyl/N-ethyl adjacent to an activating group) is 1. The lowest BCUT2D eigenvalue weighted by Crippen LogP contribution is -2.73. The van der Waals surface area contributed by atoms with Gasteiger partial charge in [0.15, 0.2) is 5.78 Å². The van der Waals surface area contributed by atoms with Crippen molar-refractivity contribution in [3.05, 3.63) is 28.3 Å². The van der Waals surface area contributed by atoms with Crippen molar-refractivity contribution in [1.82, 2.24) is 10.6 Å². The number of Topliss-reactive ketones (excluding diaryl/α,β-unsaturated/α-hetero) is 1. The molecule has 0 saturated heterocycles. The summed E-state index contributed by atoms with van der Waals surface area (Å²) in [6, 6.07) is 1.18. The molecule has 1 spiro atoms. The van der Waals surface area contributed by atoms with Gasteiger partial charge in [0.1, 0.15) is 11.4 Å². The van der Waals surface area contributed by atoms with Crippen LogP contribution < -0.4 is 15.4 Å². The van der Waals surface area contributed by atoms with Crippen molar-refractivity contribution in [2.45, 2.75) is 71.6 Å². The van der Waals surface area contributed by atoms with Crippen molar-refractivity contribution >= 4 is 17.7 Å². The predicted molar refractivity (Wildman–Crippen MR) is 118 cm³/mol. The first-order valence-corrected chi connectivity index (χ1v) is 11.6. The highest BCUT2D eigenvalue weighted by Crippen LogP contribution is 2.65. The maximum atomic E-state index is 13.4. The van der Waals surface area contributed by atoms with E-state index in [0.29, 0.717) is 42.2 Å². The number of aromatic carboxylic acids is 1. The third-order valence-electron chi connectivity index (χ3n) is 9.40. The fraction of sp³-hybridized carbons (Fsp3) is 0.640. The number of carboxylic acids is 1. The van der Waals surface area contributed by atoms with Crippen LogP contribution in [0.25, 0.3) is 0 Å². The molecule has 1 aromatic carbocycles. The summed E-state index contributed by atoms with van der Waals surface area (Å²) in [5.74, 6) is -0.239. The van der Waals surface area contributed by atoms with Crippen LogP contribution >= 0.6 is 0 Å². The van der Waals surface area contributed by atoms with Crippen molar-refractivity contribution in [2.24, 2.45) is 22.7 Å². The van der Waals surface area contributed by atoms with Gasteiger partial charge in [-0.25, -0.2) is 4.79 Å². The molecule has 2 fully saturated rings. The van der Waals surface area contributed by atoms with Crippen LogP contribution in [0.3, 0.4) is 0 Å². The van der Waals surface area contributed by atoms with Gasteiger partial charge in [-0.1, -0.05) is 27.7 Å². The number of carbonyl (C=O) groups excluding carboxylic acids is 2. The fourth-order valence-corrected chi connectivity index (χ4v) is 7.33. The monoisotopic (exact) mass is 440 g/mol. The molecule has 7 heteroatoms. The van der Waals surface area contributed by atoms with E-state index in [0.717, 1.165) is 18.4 Å². The molecule has 172 valence electrons. The van der Waals surface area contributed by atoms with E-state index in [2.05, 4.69) is 24.5 Å². The van der Waals surface area contributed by atoms with Gasteiger partial charge in [-0.05, 0) is 38.3 Å². The van der Waals surface area contributed by atoms with Gasteiger partial charge in [0.05, 0.1) is 11.6 Å². The van der Waals surface area contributed by atoms with Crippen LogP contribution in [0.2, 0.25) is 0 Å². The smallest absolute Gasteiger partial charge is 0.336 e. The Bertz CT molecular complexity index is 1060. The maximum Gasteiger partial charge on any atom is 0.336 e. The third kappa shape index (κ3) is 2.43. The molecule has 2 saturated carbocycles. The van der Waals surface area contributed by atoms with Crippen molar-refractivity contribution in [1.29, 1.82) is 0 Å². The van der Waals surface area contributed by atoms with E-state index >= 15 is 0 Å². The van der Waals surface area contributed by atoms with E-state index in [4.69, 9.17) is 4.74 Å². The molecule has 2 aliphatic heterocycles. The molecule has 1 aromatic rings. The molecule has 2 aliphatic carbocycles. The molecule has 5 rings (SSSR count). The van der Waals surface area contributed by atoms with Gasteiger partial charge in [-0.2, -0.15) is 0 Å². The first kappa shape index (κ1) is 21.4. The standard InChI is InChI=1S/C25H32N2O5/c1-12-6-7-18-23(2,3)20(28)17(26-5)10-25(18)24(12,4)9-15-14(22(30)31)8-13-16(19(15)32-25)11-27-21(13)29/h8,12,17-18,26H,6-7,9-11H2,1-5H3,(H,27,29)(H,30,31)/t12-,17?,18-,24+,25-/m0/s1. The van der Waals surface area contributed by atoms with Gasteiger partial charge < -0.3 is 20.5 Å². The first-order valence-electron chi connectivity index (χ1n) is 11.6. The Morgan fingerprint density at radius 2 is 1.94 bits per heavy atom. The Balaban J connectivity index is 1.78. The zero-order valence-corrected chi connectivity index (χ0v) is 19.4. The Morgan fingerprint density at radius 1 is 1.22 bits per heavy atom.